The Hall–Kier alpha value is -2.55. The molecule has 0 spiro atoms. The highest BCUT2D eigenvalue weighted by Gasteiger charge is 2.22. The van der Waals surface area contributed by atoms with Crippen LogP contribution >= 0.6 is 11.6 Å². The highest BCUT2D eigenvalue weighted by Crippen LogP contribution is 2.20. The van der Waals surface area contributed by atoms with Crippen LogP contribution in [0.5, 0.6) is 0 Å². The van der Waals surface area contributed by atoms with E-state index < -0.39 is 17.7 Å². The number of benzene rings is 2. The third-order valence-electron chi connectivity index (χ3n) is 5.15. The molecule has 2 amide bonds. The third kappa shape index (κ3) is 6.72. The normalized spacial score (nSPS) is 16.0. The lowest BCUT2D eigenvalue weighted by atomic mass is 10.1. The molecule has 1 atom stereocenters. The van der Waals surface area contributed by atoms with Crippen LogP contribution in [0.1, 0.15) is 18.5 Å². The van der Waals surface area contributed by atoms with E-state index in [0.29, 0.717) is 36.9 Å². The molecule has 31 heavy (non-hydrogen) atoms. The second-order valence-electron chi connectivity index (χ2n) is 7.54. The van der Waals surface area contributed by atoms with Crippen LogP contribution in [0.15, 0.2) is 42.5 Å². The van der Waals surface area contributed by atoms with Crippen LogP contribution in [0, 0.1) is 11.6 Å². The molecule has 6 nitrogen and oxygen atoms in total. The van der Waals surface area contributed by atoms with Crippen molar-refractivity contribution in [2.45, 2.75) is 13.0 Å². The number of anilines is 1. The molecule has 3 rings (SSSR count). The molecular formula is C22H25ClF2N4O2. The van der Waals surface area contributed by atoms with E-state index in [9.17, 15) is 18.4 Å². The molecular weight excluding hydrogens is 426 g/mol. The molecule has 0 aliphatic carbocycles. The monoisotopic (exact) mass is 450 g/mol. The number of carbonyl (C=O) groups excluding carboxylic acids is 2. The minimum absolute atomic E-state index is 0.144. The van der Waals surface area contributed by atoms with Crippen molar-refractivity contribution in [2.75, 3.05) is 44.6 Å². The Morgan fingerprint density at radius 1 is 1.00 bits per heavy atom. The molecule has 166 valence electrons. The first-order valence-corrected chi connectivity index (χ1v) is 10.4. The summed E-state index contributed by atoms with van der Waals surface area (Å²) in [5.41, 5.74) is 0.820. The van der Waals surface area contributed by atoms with Crippen LogP contribution in [-0.4, -0.2) is 60.9 Å². The number of nitrogens with zero attached hydrogens (tertiary/aromatic N) is 2. The number of rotatable bonds is 7. The number of carbonyl (C=O) groups is 2. The molecule has 1 heterocycles. The third-order valence-corrected chi connectivity index (χ3v) is 5.48. The average Bonchev–Trinajstić information content (AvgIpc) is 2.71. The van der Waals surface area contributed by atoms with Crippen molar-refractivity contribution in [3.8, 4) is 0 Å². The molecule has 1 aliphatic heterocycles. The average molecular weight is 451 g/mol. The van der Waals surface area contributed by atoms with Crippen molar-refractivity contribution in [2.24, 2.45) is 0 Å². The summed E-state index contributed by atoms with van der Waals surface area (Å²) in [6, 6.07) is 9.80. The van der Waals surface area contributed by atoms with Crippen LogP contribution in [0.4, 0.5) is 14.5 Å². The Balaban J connectivity index is 1.40. The molecule has 0 radical (unpaired) electrons. The summed E-state index contributed by atoms with van der Waals surface area (Å²) < 4.78 is 26.9. The number of hydrogen-bond acceptors (Lipinski definition) is 4. The van der Waals surface area contributed by atoms with Gasteiger partial charge in [0.25, 0.3) is 0 Å². The Kier molecular flexibility index (Phi) is 7.95. The summed E-state index contributed by atoms with van der Waals surface area (Å²) in [5.74, 6) is -1.72. The Morgan fingerprint density at radius 2 is 1.61 bits per heavy atom. The van der Waals surface area contributed by atoms with E-state index in [1.54, 1.807) is 31.2 Å². The largest absolute Gasteiger partial charge is 0.348 e. The topological polar surface area (TPSA) is 64.7 Å². The van der Waals surface area contributed by atoms with Crippen molar-refractivity contribution in [3.63, 3.8) is 0 Å². The van der Waals surface area contributed by atoms with Gasteiger partial charge in [-0.15, -0.1) is 0 Å². The van der Waals surface area contributed by atoms with Crippen LogP contribution in [0.3, 0.4) is 0 Å². The van der Waals surface area contributed by atoms with E-state index in [0.717, 1.165) is 6.07 Å². The predicted octanol–water partition coefficient (Wildman–Crippen LogP) is 3.05. The first kappa shape index (κ1) is 23.1. The van der Waals surface area contributed by atoms with Crippen molar-refractivity contribution in [3.05, 3.63) is 64.7 Å². The van der Waals surface area contributed by atoms with Crippen LogP contribution in [0.2, 0.25) is 5.02 Å². The zero-order chi connectivity index (χ0) is 22.4. The van der Waals surface area contributed by atoms with Gasteiger partial charge in [-0.3, -0.25) is 19.4 Å². The summed E-state index contributed by atoms with van der Waals surface area (Å²) in [6.45, 7) is 4.62. The van der Waals surface area contributed by atoms with Gasteiger partial charge in [0.15, 0.2) is 0 Å². The van der Waals surface area contributed by atoms with Gasteiger partial charge in [-0.1, -0.05) is 29.8 Å². The smallest absolute Gasteiger partial charge is 0.238 e. The molecule has 0 unspecified atom stereocenters. The molecule has 2 aromatic carbocycles. The molecule has 0 bridgehead atoms. The minimum atomic E-state index is -0.684. The lowest BCUT2D eigenvalue weighted by Gasteiger charge is -2.34. The molecule has 1 fully saturated rings. The number of hydrogen-bond donors (Lipinski definition) is 2. The van der Waals surface area contributed by atoms with E-state index in [4.69, 9.17) is 11.6 Å². The fourth-order valence-electron chi connectivity index (χ4n) is 3.48. The minimum Gasteiger partial charge on any atom is -0.348 e. The zero-order valence-electron chi connectivity index (χ0n) is 17.2. The maximum absolute atomic E-state index is 13.9. The molecule has 1 aliphatic rings. The van der Waals surface area contributed by atoms with E-state index in [2.05, 4.69) is 10.6 Å². The molecule has 0 aromatic heterocycles. The quantitative estimate of drug-likeness (QED) is 0.680. The van der Waals surface area contributed by atoms with Gasteiger partial charge in [-0.2, -0.15) is 0 Å². The van der Waals surface area contributed by atoms with Crippen LogP contribution < -0.4 is 10.6 Å². The van der Waals surface area contributed by atoms with Crippen LogP contribution in [-0.2, 0) is 9.59 Å². The van der Waals surface area contributed by atoms with Gasteiger partial charge in [0.05, 0.1) is 29.8 Å². The maximum atomic E-state index is 13.9. The van der Waals surface area contributed by atoms with E-state index >= 15 is 0 Å². The standard InChI is InChI=1S/C22H25ClF2N4O2/c1-15(17-7-6-16(24)12-19(17)25)26-21(30)13-28-8-10-29(11-9-28)14-22(31)27-20-5-3-2-4-18(20)23/h2-7,12,15H,8-11,13-14H2,1H3,(H,26,30)(H,27,31)/t15-/m0/s1. The second kappa shape index (κ2) is 10.7. The number of piperazine rings is 1. The molecule has 2 aromatic rings. The van der Waals surface area contributed by atoms with Gasteiger partial charge in [0.1, 0.15) is 11.6 Å². The van der Waals surface area contributed by atoms with Gasteiger partial charge in [0, 0.05) is 37.8 Å². The lowest BCUT2D eigenvalue weighted by Crippen LogP contribution is -2.51. The number of para-hydroxylation sites is 1. The molecule has 9 heteroatoms. The Bertz CT molecular complexity index is 935. The molecule has 2 N–H and O–H groups in total. The fraction of sp³-hybridized carbons (Fsp3) is 0.364. The van der Waals surface area contributed by atoms with Crippen molar-refractivity contribution in [1.29, 1.82) is 0 Å². The van der Waals surface area contributed by atoms with Gasteiger partial charge >= 0.3 is 0 Å². The summed E-state index contributed by atoms with van der Waals surface area (Å²) in [7, 11) is 0. The molecule has 0 saturated carbocycles. The fourth-order valence-corrected chi connectivity index (χ4v) is 3.66. The van der Waals surface area contributed by atoms with Gasteiger partial charge < -0.3 is 10.6 Å². The van der Waals surface area contributed by atoms with Crippen molar-refractivity contribution in [1.82, 2.24) is 15.1 Å². The zero-order valence-corrected chi connectivity index (χ0v) is 18.0. The van der Waals surface area contributed by atoms with Gasteiger partial charge in [-0.05, 0) is 25.1 Å². The van der Waals surface area contributed by atoms with Crippen molar-refractivity contribution < 1.29 is 18.4 Å². The first-order valence-electron chi connectivity index (χ1n) is 10.0. The molecule has 1 saturated heterocycles. The number of nitrogens with one attached hydrogen (secondary N) is 2. The number of amides is 2. The van der Waals surface area contributed by atoms with Crippen molar-refractivity contribution >= 4 is 29.1 Å². The summed E-state index contributed by atoms with van der Waals surface area (Å²) in [4.78, 5) is 28.6. The summed E-state index contributed by atoms with van der Waals surface area (Å²) in [5, 5.41) is 6.04. The van der Waals surface area contributed by atoms with E-state index in [1.165, 1.54) is 12.1 Å². The first-order chi connectivity index (χ1) is 14.8. The van der Waals surface area contributed by atoms with Crippen LogP contribution in [0.25, 0.3) is 0 Å². The lowest BCUT2D eigenvalue weighted by molar-refractivity contribution is -0.124. The second-order valence-corrected chi connectivity index (χ2v) is 7.94. The summed E-state index contributed by atoms with van der Waals surface area (Å²) >= 11 is 6.06. The van der Waals surface area contributed by atoms with E-state index in [-0.39, 0.29) is 30.5 Å². The van der Waals surface area contributed by atoms with Gasteiger partial charge in [-0.25, -0.2) is 8.78 Å². The number of halogens is 3. The maximum Gasteiger partial charge on any atom is 0.238 e. The SMILES string of the molecule is C[C@H](NC(=O)CN1CCN(CC(=O)Nc2ccccc2Cl)CC1)c1ccc(F)cc1F. The Labute approximate surface area is 185 Å². The van der Waals surface area contributed by atoms with Gasteiger partial charge in [0.2, 0.25) is 11.8 Å². The summed E-state index contributed by atoms with van der Waals surface area (Å²) in [6.07, 6.45) is 0. The Morgan fingerprint density at radius 3 is 2.23 bits per heavy atom. The highest BCUT2D eigenvalue weighted by atomic mass is 35.5. The highest BCUT2D eigenvalue weighted by molar-refractivity contribution is 6.33. The van der Waals surface area contributed by atoms with E-state index in [1.807, 2.05) is 9.80 Å². The predicted molar refractivity (Wildman–Crippen MR) is 116 cm³/mol.